The van der Waals surface area contributed by atoms with Gasteiger partial charge in [-0.25, -0.2) is 0 Å². The number of nitrogens with zero attached hydrogens (tertiary/aromatic N) is 2. The van der Waals surface area contributed by atoms with Crippen LogP contribution in [0.2, 0.25) is 0 Å². The lowest BCUT2D eigenvalue weighted by Gasteiger charge is -2.31. The highest BCUT2D eigenvalue weighted by Gasteiger charge is 2.44. The first-order valence-electron chi connectivity index (χ1n) is 12.3. The predicted molar refractivity (Wildman–Crippen MR) is 131 cm³/mol. The van der Waals surface area contributed by atoms with Crippen molar-refractivity contribution in [1.82, 2.24) is 15.4 Å². The van der Waals surface area contributed by atoms with Crippen LogP contribution in [0.25, 0.3) is 11.1 Å². The minimum absolute atomic E-state index is 0.0934. The number of rotatable bonds is 6. The minimum Gasteiger partial charge on any atom is -0.381 e. The summed E-state index contributed by atoms with van der Waals surface area (Å²) in [6.45, 7) is 6.63. The Morgan fingerprint density at radius 2 is 1.94 bits per heavy atom. The number of carbonyl (C=O) groups excluding carboxylic acids is 1. The molecule has 2 aromatic rings. The van der Waals surface area contributed by atoms with Crippen LogP contribution in [0, 0.1) is 19.8 Å². The molecule has 176 valence electrons. The van der Waals surface area contributed by atoms with Gasteiger partial charge in [-0.05, 0) is 62.7 Å². The van der Waals surface area contributed by atoms with Crippen LogP contribution in [0.15, 0.2) is 53.0 Å². The molecule has 1 aromatic heterocycles. The van der Waals surface area contributed by atoms with Crippen molar-refractivity contribution in [3.8, 4) is 0 Å². The monoisotopic (exact) mass is 457 g/mol. The Morgan fingerprint density at radius 3 is 2.59 bits per heavy atom. The largest absolute Gasteiger partial charge is 0.381 e. The Kier molecular flexibility index (Phi) is 5.21. The number of hydrogen-bond donors (Lipinski definition) is 1. The molecule has 1 aromatic carbocycles. The van der Waals surface area contributed by atoms with Gasteiger partial charge in [0.05, 0.1) is 17.2 Å². The highest BCUT2D eigenvalue weighted by atomic mass is 16.5. The molecule has 1 unspecified atom stereocenters. The van der Waals surface area contributed by atoms with Crippen LogP contribution in [0.1, 0.15) is 53.8 Å². The van der Waals surface area contributed by atoms with E-state index >= 15 is 0 Å². The molecule has 1 N–H and O–H groups in total. The van der Waals surface area contributed by atoms with E-state index in [9.17, 15) is 4.79 Å². The topological polar surface area (TPSA) is 67.6 Å². The van der Waals surface area contributed by atoms with Crippen molar-refractivity contribution in [1.29, 1.82) is 0 Å². The van der Waals surface area contributed by atoms with E-state index in [1.165, 1.54) is 16.8 Å². The highest BCUT2D eigenvalue weighted by Crippen LogP contribution is 2.47. The lowest BCUT2D eigenvalue weighted by atomic mass is 9.91. The zero-order valence-corrected chi connectivity index (χ0v) is 19.8. The fourth-order valence-electron chi connectivity index (χ4n) is 5.61. The summed E-state index contributed by atoms with van der Waals surface area (Å²) >= 11 is 0. The molecule has 0 amide bonds. The van der Waals surface area contributed by atoms with Crippen LogP contribution in [-0.4, -0.2) is 42.1 Å². The number of nitrogens with one attached hydrogen (secondary N) is 1. The van der Waals surface area contributed by atoms with E-state index in [0.717, 1.165) is 79.9 Å². The fraction of sp³-hybridized carbons (Fsp3) is 0.429. The Labute approximate surface area is 200 Å². The molecule has 1 atom stereocenters. The number of allylic oxidation sites excluding steroid dienone is 2. The number of hydrogen-bond acceptors (Lipinski definition) is 6. The van der Waals surface area contributed by atoms with Crippen molar-refractivity contribution in [2.75, 3.05) is 19.8 Å². The predicted octanol–water partition coefficient (Wildman–Crippen LogP) is 4.50. The van der Waals surface area contributed by atoms with Gasteiger partial charge < -0.3 is 24.3 Å². The van der Waals surface area contributed by atoms with Crippen molar-refractivity contribution in [3.05, 3.63) is 76.6 Å². The first-order valence-corrected chi connectivity index (χ1v) is 12.3. The van der Waals surface area contributed by atoms with Gasteiger partial charge in [0.25, 0.3) is 0 Å². The fourth-order valence-corrected chi connectivity index (χ4v) is 5.61. The molecule has 1 saturated heterocycles. The van der Waals surface area contributed by atoms with E-state index < -0.39 is 0 Å². The second kappa shape index (κ2) is 8.27. The lowest BCUT2D eigenvalue weighted by molar-refractivity contribution is -0.109. The third-order valence-corrected chi connectivity index (χ3v) is 7.87. The van der Waals surface area contributed by atoms with Crippen molar-refractivity contribution in [2.24, 2.45) is 5.92 Å². The molecule has 34 heavy (non-hydrogen) atoms. The summed E-state index contributed by atoms with van der Waals surface area (Å²) < 4.78 is 11.0. The Balaban J connectivity index is 1.33. The second-order valence-electron chi connectivity index (χ2n) is 10.1. The normalized spacial score (nSPS) is 23.5. The summed E-state index contributed by atoms with van der Waals surface area (Å²) in [5, 5.41) is 7.82. The van der Waals surface area contributed by atoms with Gasteiger partial charge in [0.15, 0.2) is 0 Å². The summed E-state index contributed by atoms with van der Waals surface area (Å²) in [5.41, 5.74) is 7.68. The maximum atomic E-state index is 11.6. The van der Waals surface area contributed by atoms with Gasteiger partial charge in [-0.15, -0.1) is 0 Å². The molecule has 2 fully saturated rings. The number of fused-ring (bicyclic) bond motifs is 1. The van der Waals surface area contributed by atoms with E-state index in [-0.39, 0.29) is 11.5 Å². The van der Waals surface area contributed by atoms with Crippen molar-refractivity contribution in [3.63, 3.8) is 0 Å². The van der Waals surface area contributed by atoms with Crippen molar-refractivity contribution < 1.29 is 14.1 Å². The molecule has 3 aliphatic heterocycles. The van der Waals surface area contributed by atoms with E-state index in [0.29, 0.717) is 5.92 Å². The van der Waals surface area contributed by atoms with Gasteiger partial charge in [0, 0.05) is 54.6 Å². The van der Waals surface area contributed by atoms with E-state index in [1.54, 1.807) is 0 Å². The molecule has 0 spiro atoms. The summed E-state index contributed by atoms with van der Waals surface area (Å²) in [6.07, 6.45) is 11.9. The third kappa shape index (κ3) is 3.61. The van der Waals surface area contributed by atoms with Gasteiger partial charge in [-0.3, -0.25) is 0 Å². The van der Waals surface area contributed by atoms with Crippen molar-refractivity contribution >= 4 is 17.4 Å². The van der Waals surface area contributed by atoms with Gasteiger partial charge in [-0.1, -0.05) is 29.4 Å². The maximum Gasteiger partial charge on any atom is 0.141 e. The SMILES string of the molecule is Cc1noc(C)c1C1=CNC2C(c3ccc(C4(C=O)CC4)cc3)=CN(CC3CCOCC3)C2=C1. The number of aryl methyl sites for hydroxylation is 2. The molecule has 4 aliphatic rings. The Hall–Kier alpha value is -3.12. The molecule has 6 heteroatoms. The van der Waals surface area contributed by atoms with Crippen LogP contribution in [0.4, 0.5) is 0 Å². The number of benzene rings is 1. The number of aromatic nitrogens is 1. The maximum absolute atomic E-state index is 11.6. The van der Waals surface area contributed by atoms with Gasteiger partial charge in [0.2, 0.25) is 0 Å². The quantitative estimate of drug-likeness (QED) is 0.644. The van der Waals surface area contributed by atoms with Crippen LogP contribution in [0.5, 0.6) is 0 Å². The number of dihydropyridines is 1. The van der Waals surface area contributed by atoms with Gasteiger partial charge >= 0.3 is 0 Å². The first-order chi connectivity index (χ1) is 16.6. The van der Waals surface area contributed by atoms with Crippen LogP contribution < -0.4 is 5.32 Å². The molecule has 6 rings (SSSR count). The lowest BCUT2D eigenvalue weighted by Crippen LogP contribution is -2.35. The molecule has 0 radical (unpaired) electrons. The number of ether oxygens (including phenoxy) is 1. The van der Waals surface area contributed by atoms with Gasteiger partial charge in [-0.2, -0.15) is 0 Å². The van der Waals surface area contributed by atoms with Crippen LogP contribution >= 0.6 is 0 Å². The highest BCUT2D eigenvalue weighted by molar-refractivity contribution is 5.84. The average molecular weight is 458 g/mol. The Morgan fingerprint density at radius 1 is 1.18 bits per heavy atom. The minimum atomic E-state index is -0.238. The molecule has 0 bridgehead atoms. The standard InChI is InChI=1S/C28H31N3O3/c1-18-26(19(2)34-30-18)22-13-25-27(29-14-22)24(16-31(25)15-20-7-11-33-12-8-20)21-3-5-23(6-4-21)28(17-32)9-10-28/h3-6,13-14,16-17,20,27,29H,7-12,15H2,1-2H3. The Bertz CT molecular complexity index is 1170. The second-order valence-corrected chi connectivity index (χ2v) is 10.1. The molecule has 1 aliphatic carbocycles. The molecule has 6 nitrogen and oxygen atoms in total. The zero-order chi connectivity index (χ0) is 23.3. The number of aldehydes is 1. The summed E-state index contributed by atoms with van der Waals surface area (Å²) in [6, 6.07) is 8.72. The van der Waals surface area contributed by atoms with Crippen LogP contribution in [0.3, 0.4) is 0 Å². The van der Waals surface area contributed by atoms with E-state index in [2.05, 4.69) is 58.1 Å². The van der Waals surface area contributed by atoms with E-state index in [1.807, 2.05) is 13.8 Å². The van der Waals surface area contributed by atoms with Crippen molar-refractivity contribution in [2.45, 2.75) is 51.0 Å². The average Bonchev–Trinajstić information content (AvgIpc) is 3.50. The third-order valence-electron chi connectivity index (χ3n) is 7.87. The smallest absolute Gasteiger partial charge is 0.141 e. The van der Waals surface area contributed by atoms with Crippen LogP contribution in [-0.2, 0) is 14.9 Å². The molecule has 4 heterocycles. The summed E-state index contributed by atoms with van der Waals surface area (Å²) in [7, 11) is 0. The van der Waals surface area contributed by atoms with E-state index in [4.69, 9.17) is 9.26 Å². The zero-order valence-electron chi connectivity index (χ0n) is 19.8. The summed E-state index contributed by atoms with van der Waals surface area (Å²) in [5.74, 6) is 1.45. The number of carbonyl (C=O) groups is 1. The van der Waals surface area contributed by atoms with Gasteiger partial charge in [0.1, 0.15) is 12.0 Å². The molecule has 1 saturated carbocycles. The first kappa shape index (κ1) is 21.4. The summed E-state index contributed by atoms with van der Waals surface area (Å²) in [4.78, 5) is 14.0. The molecular formula is C28H31N3O3. The molecular weight excluding hydrogens is 426 g/mol.